The molecule has 0 saturated heterocycles. The molecule has 1 aliphatic rings. The Balaban J connectivity index is 1.73. The monoisotopic (exact) mass is 322 g/mol. The zero-order chi connectivity index (χ0) is 16.7. The van der Waals surface area contributed by atoms with Gasteiger partial charge in [-0.15, -0.1) is 0 Å². The minimum Gasteiger partial charge on any atom is -0.478 e. The summed E-state index contributed by atoms with van der Waals surface area (Å²) in [7, 11) is 0. The van der Waals surface area contributed by atoms with Gasteiger partial charge in [0, 0.05) is 6.61 Å². The number of halogens is 1. The van der Waals surface area contributed by atoms with E-state index >= 15 is 0 Å². The van der Waals surface area contributed by atoms with Crippen LogP contribution in [-0.2, 0) is 11.2 Å². The van der Waals surface area contributed by atoms with Crippen LogP contribution in [0, 0.1) is 11.7 Å². The topological polar surface area (TPSA) is 46.5 Å². The second-order valence-electron chi connectivity index (χ2n) is 6.53. The van der Waals surface area contributed by atoms with Crippen LogP contribution in [0.3, 0.4) is 0 Å². The molecule has 1 saturated carbocycles. The number of aromatic carboxylic acids is 1. The first-order valence-corrected chi connectivity index (χ1v) is 8.73. The summed E-state index contributed by atoms with van der Waals surface area (Å²) in [5.41, 5.74) is 0.632. The van der Waals surface area contributed by atoms with Crippen LogP contribution in [0.4, 0.5) is 4.39 Å². The highest BCUT2D eigenvalue weighted by Gasteiger charge is 2.21. The van der Waals surface area contributed by atoms with Crippen molar-refractivity contribution in [2.24, 2.45) is 5.92 Å². The first kappa shape index (κ1) is 17.9. The van der Waals surface area contributed by atoms with Gasteiger partial charge >= 0.3 is 5.97 Å². The van der Waals surface area contributed by atoms with Crippen LogP contribution in [0.2, 0.25) is 0 Å². The van der Waals surface area contributed by atoms with Gasteiger partial charge in [-0.25, -0.2) is 9.18 Å². The number of aryl methyl sites for hydroxylation is 1. The molecule has 0 heterocycles. The lowest BCUT2D eigenvalue weighted by atomic mass is 9.83. The van der Waals surface area contributed by atoms with E-state index in [9.17, 15) is 9.18 Å². The van der Waals surface area contributed by atoms with Gasteiger partial charge in [-0.05, 0) is 68.6 Å². The van der Waals surface area contributed by atoms with E-state index in [1.54, 1.807) is 6.07 Å². The molecule has 1 N–H and O–H groups in total. The Hall–Kier alpha value is -1.42. The fourth-order valence-corrected chi connectivity index (χ4v) is 3.24. The molecule has 1 fully saturated rings. The van der Waals surface area contributed by atoms with Crippen molar-refractivity contribution in [3.05, 3.63) is 35.1 Å². The van der Waals surface area contributed by atoms with Crippen LogP contribution in [0.25, 0.3) is 0 Å². The highest BCUT2D eigenvalue weighted by molar-refractivity contribution is 5.87. The summed E-state index contributed by atoms with van der Waals surface area (Å²) in [5, 5.41) is 8.84. The van der Waals surface area contributed by atoms with Crippen molar-refractivity contribution in [2.45, 2.75) is 64.4 Å². The average molecular weight is 322 g/mol. The van der Waals surface area contributed by atoms with Crippen molar-refractivity contribution in [3.8, 4) is 0 Å². The summed E-state index contributed by atoms with van der Waals surface area (Å²) in [4.78, 5) is 10.8. The highest BCUT2D eigenvalue weighted by Crippen LogP contribution is 2.29. The maximum atomic E-state index is 13.7. The van der Waals surface area contributed by atoms with Gasteiger partial charge in [-0.1, -0.05) is 19.4 Å². The summed E-state index contributed by atoms with van der Waals surface area (Å²) in [6, 6.07) is 4.46. The molecule has 0 spiro atoms. The third kappa shape index (κ3) is 5.61. The number of hydrogen-bond donors (Lipinski definition) is 1. The van der Waals surface area contributed by atoms with Crippen molar-refractivity contribution in [1.29, 1.82) is 0 Å². The quantitative estimate of drug-likeness (QED) is 0.697. The van der Waals surface area contributed by atoms with E-state index in [-0.39, 0.29) is 5.56 Å². The summed E-state index contributed by atoms with van der Waals surface area (Å²) < 4.78 is 19.5. The van der Waals surface area contributed by atoms with Gasteiger partial charge in [-0.3, -0.25) is 0 Å². The minimum atomic E-state index is -1.21. The van der Waals surface area contributed by atoms with Gasteiger partial charge < -0.3 is 9.84 Å². The van der Waals surface area contributed by atoms with Crippen molar-refractivity contribution < 1.29 is 19.0 Å². The second-order valence-corrected chi connectivity index (χ2v) is 6.53. The maximum Gasteiger partial charge on any atom is 0.338 e. The van der Waals surface area contributed by atoms with Gasteiger partial charge in [-0.2, -0.15) is 0 Å². The SMILES string of the molecule is CCCCOC1CCC(CCc2ccc(C(=O)O)c(F)c2)CC1. The third-order valence-electron chi connectivity index (χ3n) is 4.75. The highest BCUT2D eigenvalue weighted by atomic mass is 19.1. The summed E-state index contributed by atoms with van der Waals surface area (Å²) in [6.45, 7) is 3.05. The van der Waals surface area contributed by atoms with Gasteiger partial charge in [0.05, 0.1) is 11.7 Å². The smallest absolute Gasteiger partial charge is 0.338 e. The summed E-state index contributed by atoms with van der Waals surface area (Å²) >= 11 is 0. The van der Waals surface area contributed by atoms with Crippen molar-refractivity contribution in [3.63, 3.8) is 0 Å². The molecule has 0 unspecified atom stereocenters. The lowest BCUT2D eigenvalue weighted by Gasteiger charge is -2.28. The third-order valence-corrected chi connectivity index (χ3v) is 4.75. The Morgan fingerprint density at radius 3 is 2.65 bits per heavy atom. The largest absolute Gasteiger partial charge is 0.478 e. The fourth-order valence-electron chi connectivity index (χ4n) is 3.24. The molecule has 0 aromatic heterocycles. The molecular weight excluding hydrogens is 295 g/mol. The van der Waals surface area contributed by atoms with Crippen molar-refractivity contribution >= 4 is 5.97 Å². The predicted molar refractivity (Wildman–Crippen MR) is 88.3 cm³/mol. The lowest BCUT2D eigenvalue weighted by molar-refractivity contribution is 0.0159. The summed E-state index contributed by atoms with van der Waals surface area (Å²) in [5.74, 6) is -1.18. The Morgan fingerprint density at radius 2 is 2.04 bits per heavy atom. The zero-order valence-corrected chi connectivity index (χ0v) is 13.9. The summed E-state index contributed by atoms with van der Waals surface area (Å²) in [6.07, 6.45) is 9.17. The van der Waals surface area contributed by atoms with Crippen molar-refractivity contribution in [2.75, 3.05) is 6.61 Å². The molecule has 4 heteroatoms. The number of rotatable bonds is 8. The molecule has 128 valence electrons. The van der Waals surface area contributed by atoms with Gasteiger partial charge in [0.25, 0.3) is 0 Å². The first-order valence-electron chi connectivity index (χ1n) is 8.73. The van der Waals surface area contributed by atoms with E-state index in [0.717, 1.165) is 44.3 Å². The number of hydrogen-bond acceptors (Lipinski definition) is 2. The Labute approximate surface area is 137 Å². The van der Waals surface area contributed by atoms with Crippen LogP contribution >= 0.6 is 0 Å². The van der Waals surface area contributed by atoms with Crippen LogP contribution in [-0.4, -0.2) is 23.8 Å². The fraction of sp³-hybridized carbons (Fsp3) is 0.632. The van der Waals surface area contributed by atoms with E-state index in [0.29, 0.717) is 12.0 Å². The van der Waals surface area contributed by atoms with Crippen molar-refractivity contribution in [1.82, 2.24) is 0 Å². The number of carbonyl (C=O) groups is 1. The predicted octanol–water partition coefficient (Wildman–Crippen LogP) is 4.83. The van der Waals surface area contributed by atoms with E-state index in [4.69, 9.17) is 9.84 Å². The Morgan fingerprint density at radius 1 is 1.30 bits per heavy atom. The molecule has 0 atom stereocenters. The molecule has 1 aromatic rings. The zero-order valence-electron chi connectivity index (χ0n) is 13.9. The Kier molecular flexibility index (Phi) is 7.03. The minimum absolute atomic E-state index is 0.251. The van der Waals surface area contributed by atoms with Crippen LogP contribution in [0.1, 0.15) is 67.8 Å². The van der Waals surface area contributed by atoms with Crippen LogP contribution in [0.15, 0.2) is 18.2 Å². The van der Waals surface area contributed by atoms with E-state index in [1.807, 2.05) is 0 Å². The molecule has 0 amide bonds. The van der Waals surface area contributed by atoms with E-state index in [1.165, 1.54) is 31.4 Å². The van der Waals surface area contributed by atoms with E-state index in [2.05, 4.69) is 6.92 Å². The maximum absolute atomic E-state index is 13.7. The van der Waals surface area contributed by atoms with Gasteiger partial charge in [0.1, 0.15) is 5.82 Å². The van der Waals surface area contributed by atoms with Gasteiger partial charge in [0.15, 0.2) is 0 Å². The van der Waals surface area contributed by atoms with Crippen LogP contribution in [0.5, 0.6) is 0 Å². The molecular formula is C19H27FO3. The molecule has 0 bridgehead atoms. The molecule has 0 aliphatic heterocycles. The number of unbranched alkanes of at least 4 members (excludes halogenated alkanes) is 1. The standard InChI is InChI=1S/C19H27FO3/c1-2-3-12-23-16-9-6-14(7-10-16)4-5-15-8-11-17(19(21)22)18(20)13-15/h8,11,13-14,16H,2-7,9-10,12H2,1H3,(H,21,22). The molecule has 3 nitrogen and oxygen atoms in total. The molecule has 1 aromatic carbocycles. The molecule has 0 radical (unpaired) electrons. The normalized spacial score (nSPS) is 21.3. The molecule has 23 heavy (non-hydrogen) atoms. The number of carboxylic acids is 1. The van der Waals surface area contributed by atoms with E-state index < -0.39 is 11.8 Å². The number of benzene rings is 1. The number of carboxylic acid groups (broad SMARTS) is 1. The number of ether oxygens (including phenoxy) is 1. The van der Waals surface area contributed by atoms with Gasteiger partial charge in [0.2, 0.25) is 0 Å². The lowest BCUT2D eigenvalue weighted by Crippen LogP contribution is -2.22. The van der Waals surface area contributed by atoms with Crippen LogP contribution < -0.4 is 0 Å². The second kappa shape index (κ2) is 9.02. The molecule has 1 aliphatic carbocycles. The first-order chi connectivity index (χ1) is 11.1. The average Bonchev–Trinajstić information content (AvgIpc) is 2.54. The molecule has 2 rings (SSSR count). The Bertz CT molecular complexity index is 507.